The molecule has 0 radical (unpaired) electrons. The van der Waals surface area contributed by atoms with E-state index in [1.807, 2.05) is 12.1 Å². The number of aliphatic hydroxyl groups excluding tert-OH is 1. The minimum atomic E-state index is -0.107. The molecule has 1 heterocycles. The Bertz CT molecular complexity index is 278. The largest absolute Gasteiger partial charge is 0.394 e. The van der Waals surface area contributed by atoms with Crippen LogP contribution in [0.5, 0.6) is 0 Å². The molecule has 1 aromatic carbocycles. The summed E-state index contributed by atoms with van der Waals surface area (Å²) in [5.74, 6) is 0. The Hall–Kier alpha value is -1.02. The average Bonchev–Trinajstić information content (AvgIpc) is 2.57. The van der Waals surface area contributed by atoms with Gasteiger partial charge >= 0.3 is 0 Å². The van der Waals surface area contributed by atoms with Crippen LogP contribution in [0.2, 0.25) is 0 Å². The van der Waals surface area contributed by atoms with Crippen molar-refractivity contribution in [2.75, 3.05) is 11.9 Å². The Kier molecular flexibility index (Phi) is 2.00. The first-order valence-corrected chi connectivity index (χ1v) is 4.76. The van der Waals surface area contributed by atoms with Crippen molar-refractivity contribution in [2.24, 2.45) is 0 Å². The van der Waals surface area contributed by atoms with Crippen LogP contribution in [-0.4, -0.2) is 17.3 Å². The lowest BCUT2D eigenvalue weighted by Gasteiger charge is -2.25. The van der Waals surface area contributed by atoms with Crippen LogP contribution in [0.4, 0.5) is 5.69 Å². The van der Waals surface area contributed by atoms with Gasteiger partial charge in [-0.2, -0.15) is 0 Å². The molecular formula is C11H15NO. The quantitative estimate of drug-likeness (QED) is 0.722. The fourth-order valence-electron chi connectivity index (χ4n) is 1.91. The van der Waals surface area contributed by atoms with Crippen molar-refractivity contribution in [3.05, 3.63) is 29.8 Å². The summed E-state index contributed by atoms with van der Waals surface area (Å²) in [6.45, 7) is 2.31. The molecule has 0 aliphatic carbocycles. The van der Waals surface area contributed by atoms with Crippen LogP contribution in [0.15, 0.2) is 24.3 Å². The fourth-order valence-corrected chi connectivity index (χ4v) is 1.91. The van der Waals surface area contributed by atoms with Gasteiger partial charge in [0.05, 0.1) is 12.1 Å². The molecule has 1 unspecified atom stereocenters. The number of para-hydroxylation sites is 1. The highest BCUT2D eigenvalue weighted by Gasteiger charge is 2.33. The van der Waals surface area contributed by atoms with Gasteiger partial charge in [-0.1, -0.05) is 25.1 Å². The maximum absolute atomic E-state index is 9.33. The zero-order chi connectivity index (χ0) is 9.31. The van der Waals surface area contributed by atoms with Crippen molar-refractivity contribution in [3.63, 3.8) is 0 Å². The third-order valence-corrected chi connectivity index (χ3v) is 2.93. The average molecular weight is 177 g/mol. The smallest absolute Gasteiger partial charge is 0.0664 e. The molecule has 0 fully saturated rings. The third kappa shape index (κ3) is 1.31. The highest BCUT2D eigenvalue weighted by Crippen LogP contribution is 2.33. The highest BCUT2D eigenvalue weighted by molar-refractivity contribution is 5.58. The van der Waals surface area contributed by atoms with E-state index in [1.54, 1.807) is 0 Å². The van der Waals surface area contributed by atoms with Crippen LogP contribution >= 0.6 is 0 Å². The first-order valence-electron chi connectivity index (χ1n) is 4.76. The van der Waals surface area contributed by atoms with Crippen molar-refractivity contribution in [3.8, 4) is 0 Å². The normalized spacial score (nSPS) is 25.4. The van der Waals surface area contributed by atoms with Gasteiger partial charge in [-0.3, -0.25) is 0 Å². The van der Waals surface area contributed by atoms with E-state index in [-0.39, 0.29) is 12.1 Å². The van der Waals surface area contributed by atoms with Crippen molar-refractivity contribution >= 4 is 5.69 Å². The SMILES string of the molecule is CCC1(CO)Cc2ccccc2N1. The number of aliphatic hydroxyl groups is 1. The van der Waals surface area contributed by atoms with Gasteiger partial charge in [0.2, 0.25) is 0 Å². The number of hydrogen-bond acceptors (Lipinski definition) is 2. The van der Waals surface area contributed by atoms with E-state index in [2.05, 4.69) is 24.4 Å². The molecule has 0 amide bonds. The van der Waals surface area contributed by atoms with Crippen molar-refractivity contribution < 1.29 is 5.11 Å². The zero-order valence-corrected chi connectivity index (χ0v) is 7.88. The van der Waals surface area contributed by atoms with Crippen LogP contribution in [0, 0.1) is 0 Å². The third-order valence-electron chi connectivity index (χ3n) is 2.93. The van der Waals surface area contributed by atoms with E-state index in [9.17, 15) is 5.11 Å². The lowest BCUT2D eigenvalue weighted by atomic mass is 9.93. The Morgan fingerprint density at radius 1 is 1.46 bits per heavy atom. The second-order valence-electron chi connectivity index (χ2n) is 3.75. The van der Waals surface area contributed by atoms with Gasteiger partial charge in [-0.05, 0) is 24.5 Å². The number of nitrogens with one attached hydrogen (secondary N) is 1. The lowest BCUT2D eigenvalue weighted by molar-refractivity contribution is 0.211. The van der Waals surface area contributed by atoms with E-state index in [4.69, 9.17) is 0 Å². The molecule has 0 bridgehead atoms. The number of fused-ring (bicyclic) bond motifs is 1. The monoisotopic (exact) mass is 177 g/mol. The predicted octanol–water partition coefficient (Wildman–Crippen LogP) is 1.80. The van der Waals surface area contributed by atoms with Crippen LogP contribution < -0.4 is 5.32 Å². The first-order chi connectivity index (χ1) is 6.29. The van der Waals surface area contributed by atoms with E-state index in [1.165, 1.54) is 11.3 Å². The summed E-state index contributed by atoms with van der Waals surface area (Å²) in [6, 6.07) is 8.26. The van der Waals surface area contributed by atoms with E-state index < -0.39 is 0 Å². The van der Waals surface area contributed by atoms with Crippen molar-refractivity contribution in [2.45, 2.75) is 25.3 Å². The minimum Gasteiger partial charge on any atom is -0.394 e. The molecular weight excluding hydrogens is 162 g/mol. The predicted molar refractivity (Wildman–Crippen MR) is 53.9 cm³/mol. The second-order valence-corrected chi connectivity index (χ2v) is 3.75. The first kappa shape index (κ1) is 8.57. The van der Waals surface area contributed by atoms with Gasteiger partial charge in [0.25, 0.3) is 0 Å². The van der Waals surface area contributed by atoms with Gasteiger partial charge in [-0.15, -0.1) is 0 Å². The molecule has 2 heteroatoms. The summed E-state index contributed by atoms with van der Waals surface area (Å²) in [5, 5.41) is 12.7. The Morgan fingerprint density at radius 3 is 2.85 bits per heavy atom. The van der Waals surface area contributed by atoms with E-state index >= 15 is 0 Å². The second kappa shape index (κ2) is 3.04. The number of anilines is 1. The minimum absolute atomic E-state index is 0.107. The zero-order valence-electron chi connectivity index (χ0n) is 7.88. The summed E-state index contributed by atoms with van der Waals surface area (Å²) in [6.07, 6.45) is 1.90. The maximum atomic E-state index is 9.33. The summed E-state index contributed by atoms with van der Waals surface area (Å²) in [4.78, 5) is 0. The molecule has 70 valence electrons. The highest BCUT2D eigenvalue weighted by atomic mass is 16.3. The molecule has 0 saturated heterocycles. The number of benzene rings is 1. The Balaban J connectivity index is 2.30. The van der Waals surface area contributed by atoms with Crippen molar-refractivity contribution in [1.82, 2.24) is 0 Å². The molecule has 2 N–H and O–H groups in total. The van der Waals surface area contributed by atoms with E-state index in [0.717, 1.165) is 12.8 Å². The fraction of sp³-hybridized carbons (Fsp3) is 0.455. The van der Waals surface area contributed by atoms with Gasteiger partial charge in [0, 0.05) is 5.69 Å². The summed E-state index contributed by atoms with van der Waals surface area (Å²) < 4.78 is 0. The molecule has 0 aromatic heterocycles. The summed E-state index contributed by atoms with van der Waals surface area (Å²) >= 11 is 0. The molecule has 1 aliphatic rings. The molecule has 2 rings (SSSR count). The molecule has 1 aliphatic heterocycles. The molecule has 1 aromatic rings. The topological polar surface area (TPSA) is 32.3 Å². The maximum Gasteiger partial charge on any atom is 0.0664 e. The van der Waals surface area contributed by atoms with Crippen LogP contribution in [0.25, 0.3) is 0 Å². The van der Waals surface area contributed by atoms with Gasteiger partial charge in [0.1, 0.15) is 0 Å². The van der Waals surface area contributed by atoms with Gasteiger partial charge < -0.3 is 10.4 Å². The van der Waals surface area contributed by atoms with E-state index in [0.29, 0.717) is 0 Å². The number of rotatable bonds is 2. The van der Waals surface area contributed by atoms with Crippen LogP contribution in [-0.2, 0) is 6.42 Å². The molecule has 0 saturated carbocycles. The molecule has 2 nitrogen and oxygen atoms in total. The Morgan fingerprint density at radius 2 is 2.23 bits per heavy atom. The standard InChI is InChI=1S/C11H15NO/c1-2-11(8-13)7-9-5-3-4-6-10(9)12-11/h3-6,12-13H,2,7-8H2,1H3. The van der Waals surface area contributed by atoms with Crippen molar-refractivity contribution in [1.29, 1.82) is 0 Å². The Labute approximate surface area is 78.6 Å². The van der Waals surface area contributed by atoms with Gasteiger partial charge in [0.15, 0.2) is 0 Å². The van der Waals surface area contributed by atoms with Gasteiger partial charge in [-0.25, -0.2) is 0 Å². The number of hydrogen-bond donors (Lipinski definition) is 2. The molecule has 1 atom stereocenters. The lowest BCUT2D eigenvalue weighted by Crippen LogP contribution is -2.39. The molecule has 0 spiro atoms. The molecule has 13 heavy (non-hydrogen) atoms. The van der Waals surface area contributed by atoms with Crippen LogP contribution in [0.1, 0.15) is 18.9 Å². The summed E-state index contributed by atoms with van der Waals surface area (Å²) in [5.41, 5.74) is 2.39. The van der Waals surface area contributed by atoms with Crippen LogP contribution in [0.3, 0.4) is 0 Å². The summed E-state index contributed by atoms with van der Waals surface area (Å²) in [7, 11) is 0.